The fraction of sp³-hybridized carbons (Fsp3) is 0.536. The lowest BCUT2D eigenvalue weighted by atomic mass is 10.0. The summed E-state index contributed by atoms with van der Waals surface area (Å²) in [4.78, 5) is 55.0. The van der Waals surface area contributed by atoms with Crippen molar-refractivity contribution in [2.75, 3.05) is 46.6 Å². The van der Waals surface area contributed by atoms with E-state index in [2.05, 4.69) is 28.2 Å². The number of fused-ring (bicyclic) bond motifs is 1. The van der Waals surface area contributed by atoms with Crippen LogP contribution >= 0.6 is 0 Å². The van der Waals surface area contributed by atoms with Crippen LogP contribution in [0.1, 0.15) is 172 Å². The highest BCUT2D eigenvalue weighted by Crippen LogP contribution is 2.25. The Morgan fingerprint density at radius 3 is 1.60 bits per heavy atom. The van der Waals surface area contributed by atoms with Crippen molar-refractivity contribution in [1.29, 1.82) is 0 Å². The molecule has 0 spiro atoms. The molecule has 13 nitrogen and oxygen atoms in total. The number of carbonyl (C=O) groups is 4. The summed E-state index contributed by atoms with van der Waals surface area (Å²) in [7, 11) is 1.70. The van der Waals surface area contributed by atoms with Crippen molar-refractivity contribution in [3.05, 3.63) is 150 Å². The number of carbonyl (C=O) groups excluding carboxylic acids is 4. The molecule has 82 heavy (non-hydrogen) atoms. The summed E-state index contributed by atoms with van der Waals surface area (Å²) in [6.07, 6.45) is 20.0. The van der Waals surface area contributed by atoms with Crippen LogP contribution in [0, 0.1) is 0 Å². The highest BCUT2D eigenvalue weighted by atomic mass is 16.7. The Labute approximate surface area is 491 Å². The van der Waals surface area contributed by atoms with Crippen LogP contribution in [-0.2, 0) is 57.4 Å². The Bertz CT molecular complexity index is 2580. The van der Waals surface area contributed by atoms with Crippen molar-refractivity contribution in [3.8, 4) is 5.75 Å². The van der Waals surface area contributed by atoms with Gasteiger partial charge in [-0.1, -0.05) is 212 Å². The van der Waals surface area contributed by atoms with Gasteiger partial charge in [-0.05, 0) is 80.1 Å². The van der Waals surface area contributed by atoms with Gasteiger partial charge in [0.15, 0.2) is 6.29 Å². The molecule has 0 saturated carbocycles. The number of ether oxygens (including phenoxy) is 5. The summed E-state index contributed by atoms with van der Waals surface area (Å²) in [6, 6.07) is 38.4. The molecule has 0 aliphatic heterocycles. The van der Waals surface area contributed by atoms with Gasteiger partial charge in [-0.25, -0.2) is 0 Å². The van der Waals surface area contributed by atoms with Crippen LogP contribution in [0.15, 0.2) is 127 Å². The fourth-order valence-electron chi connectivity index (χ4n) is 9.67. The van der Waals surface area contributed by atoms with E-state index in [1.165, 1.54) is 77.0 Å². The summed E-state index contributed by atoms with van der Waals surface area (Å²) >= 11 is 0. The molecule has 5 aromatic rings. The van der Waals surface area contributed by atoms with Gasteiger partial charge in [0.25, 0.3) is 0 Å². The molecule has 0 aromatic heterocycles. The predicted molar refractivity (Wildman–Crippen MR) is 330 cm³/mol. The van der Waals surface area contributed by atoms with Crippen LogP contribution in [-0.4, -0.2) is 93.5 Å². The molecule has 4 amide bonds. The predicted octanol–water partition coefficient (Wildman–Crippen LogP) is 13.1. The van der Waals surface area contributed by atoms with Gasteiger partial charge in [0.05, 0.1) is 37.4 Å². The standard InChI is InChI=1S/C69H98N4O9/c1-7-8-9-10-11-12-13-14-15-16-17-18-19-20-27-36-63(74)70-44-47-79-67(58-39-41-60(42-40-58)81-53-69(4,5)82-46-43-68(2,3)78-6)80-48-45-71-65(76)61(50-54-30-23-21-24-31-54)73-66(77)62(51-55-32-25-22-26-33-55)72-64(75)52-56-37-38-57-34-28-29-35-59(57)49-56/h21-26,28-35,37-42,49,61-62,67H,7-20,27,36,43-48,50-53H2,1-6H3,(H,70,74)(H,71,76)(H,72,75)(H,73,77)/t61-,62-,67?/m0/s1. The highest BCUT2D eigenvalue weighted by molar-refractivity contribution is 5.93. The second kappa shape index (κ2) is 37.9. The first-order valence-corrected chi connectivity index (χ1v) is 30.6. The minimum atomic E-state index is -0.976. The Balaban J connectivity index is 1.15. The number of hydrogen-bond acceptors (Lipinski definition) is 9. The molecular formula is C69H98N4O9. The molecule has 448 valence electrons. The minimum absolute atomic E-state index is 0.00113. The summed E-state index contributed by atoms with van der Waals surface area (Å²) in [6.45, 7) is 11.8. The maximum absolute atomic E-state index is 14.3. The lowest BCUT2D eigenvalue weighted by Gasteiger charge is -2.28. The first-order valence-electron chi connectivity index (χ1n) is 30.6. The first kappa shape index (κ1) is 66.7. The van der Waals surface area contributed by atoms with E-state index in [4.69, 9.17) is 23.7 Å². The van der Waals surface area contributed by atoms with Crippen molar-refractivity contribution in [3.63, 3.8) is 0 Å². The molecule has 0 aliphatic carbocycles. The van der Waals surface area contributed by atoms with E-state index < -0.39 is 35.8 Å². The normalized spacial score (nSPS) is 12.8. The van der Waals surface area contributed by atoms with E-state index in [1.54, 1.807) is 7.11 Å². The van der Waals surface area contributed by atoms with Gasteiger partial charge in [-0.3, -0.25) is 19.2 Å². The van der Waals surface area contributed by atoms with Gasteiger partial charge in [0.1, 0.15) is 24.4 Å². The van der Waals surface area contributed by atoms with Gasteiger partial charge in [-0.15, -0.1) is 0 Å². The van der Waals surface area contributed by atoms with E-state index >= 15 is 0 Å². The lowest BCUT2D eigenvalue weighted by Crippen LogP contribution is -2.55. The van der Waals surface area contributed by atoms with E-state index in [0.717, 1.165) is 58.7 Å². The number of hydrogen-bond donors (Lipinski definition) is 4. The smallest absolute Gasteiger partial charge is 0.243 e. The number of rotatable bonds is 43. The summed E-state index contributed by atoms with van der Waals surface area (Å²) in [5.74, 6) is -0.547. The van der Waals surface area contributed by atoms with E-state index in [0.29, 0.717) is 31.9 Å². The van der Waals surface area contributed by atoms with Crippen molar-refractivity contribution >= 4 is 34.4 Å². The minimum Gasteiger partial charge on any atom is -0.491 e. The number of amides is 4. The first-order chi connectivity index (χ1) is 39.7. The maximum atomic E-state index is 14.3. The molecule has 5 aromatic carbocycles. The molecule has 0 bridgehead atoms. The molecule has 0 aliphatic rings. The van der Waals surface area contributed by atoms with Crippen LogP contribution in [0.5, 0.6) is 5.75 Å². The van der Waals surface area contributed by atoms with Crippen molar-refractivity contribution in [1.82, 2.24) is 21.3 Å². The Morgan fingerprint density at radius 2 is 1.02 bits per heavy atom. The second-order valence-corrected chi connectivity index (χ2v) is 23.0. The van der Waals surface area contributed by atoms with Gasteiger partial charge in [0, 0.05) is 45.0 Å². The molecule has 0 heterocycles. The zero-order valence-electron chi connectivity index (χ0n) is 50.4. The maximum Gasteiger partial charge on any atom is 0.243 e. The van der Waals surface area contributed by atoms with Crippen LogP contribution in [0.4, 0.5) is 0 Å². The van der Waals surface area contributed by atoms with Gasteiger partial charge in [-0.2, -0.15) is 0 Å². The summed E-state index contributed by atoms with van der Waals surface area (Å²) in [5, 5.41) is 14.1. The molecule has 0 radical (unpaired) electrons. The average Bonchev–Trinajstić information content (AvgIpc) is 3.54. The highest BCUT2D eigenvalue weighted by Gasteiger charge is 2.28. The average molecular weight is 1130 g/mol. The lowest BCUT2D eigenvalue weighted by molar-refractivity contribution is -0.147. The summed E-state index contributed by atoms with van der Waals surface area (Å²) in [5.41, 5.74) is 2.43. The van der Waals surface area contributed by atoms with Crippen LogP contribution in [0.3, 0.4) is 0 Å². The quantitative estimate of drug-likeness (QED) is 0.0220. The van der Waals surface area contributed by atoms with Gasteiger partial charge >= 0.3 is 0 Å². The van der Waals surface area contributed by atoms with Crippen molar-refractivity contribution < 1.29 is 42.9 Å². The molecule has 0 saturated heterocycles. The number of nitrogens with one attached hydrogen (secondary N) is 4. The molecule has 13 heteroatoms. The SMILES string of the molecule is CCCCCCCCCCCCCCCCCC(=O)NCCOC(OCCNC(=O)[C@H](Cc1ccccc1)NC(=O)[C@H](Cc1ccccc1)NC(=O)Cc1ccc2ccccc2c1)c1ccc(OCC(C)(C)OCCC(C)(C)OC)cc1. The molecule has 4 N–H and O–H groups in total. The Morgan fingerprint density at radius 1 is 0.500 bits per heavy atom. The second-order valence-electron chi connectivity index (χ2n) is 23.0. The van der Waals surface area contributed by atoms with E-state index in [-0.39, 0.29) is 56.4 Å². The van der Waals surface area contributed by atoms with E-state index in [9.17, 15) is 19.2 Å². The summed E-state index contributed by atoms with van der Waals surface area (Å²) < 4.78 is 30.5. The topological polar surface area (TPSA) is 163 Å². The molecule has 3 atom stereocenters. The number of methoxy groups -OCH3 is 1. The third-order valence-corrected chi connectivity index (χ3v) is 14.9. The molecule has 0 fully saturated rings. The Kier molecular flexibility index (Phi) is 30.8. The third kappa shape index (κ3) is 27.3. The van der Waals surface area contributed by atoms with Crippen LogP contribution in [0.2, 0.25) is 0 Å². The largest absolute Gasteiger partial charge is 0.491 e. The monoisotopic (exact) mass is 1130 g/mol. The molecular weight excluding hydrogens is 1030 g/mol. The van der Waals surface area contributed by atoms with Crippen LogP contribution in [0.25, 0.3) is 10.8 Å². The molecule has 5 rings (SSSR count). The number of unbranched alkanes of at least 4 members (excludes halogenated alkanes) is 14. The zero-order chi connectivity index (χ0) is 58.7. The Hall–Kier alpha value is -6.12. The fourth-order valence-corrected chi connectivity index (χ4v) is 9.67. The molecule has 1 unspecified atom stereocenters. The third-order valence-electron chi connectivity index (χ3n) is 14.9. The van der Waals surface area contributed by atoms with Crippen molar-refractivity contribution in [2.24, 2.45) is 0 Å². The van der Waals surface area contributed by atoms with Crippen LogP contribution < -0.4 is 26.0 Å². The van der Waals surface area contributed by atoms with Gasteiger partial charge in [0.2, 0.25) is 23.6 Å². The zero-order valence-corrected chi connectivity index (χ0v) is 50.4. The van der Waals surface area contributed by atoms with Crippen molar-refractivity contribution in [2.45, 2.75) is 193 Å². The number of benzene rings is 5. The van der Waals surface area contributed by atoms with E-state index in [1.807, 2.05) is 155 Å². The van der Waals surface area contributed by atoms with Gasteiger partial charge < -0.3 is 45.0 Å².